The quantitative estimate of drug-likeness (QED) is 0.542. The SMILES string of the molecule is COc1cc(-c2nc3ccccc3n2-c2ccccc2)c(F)c(O)c1O. The standard InChI is InChI=1S/C20H15FN2O3/c1-26-16-11-13(17(21)19(25)18(16)24)20-22-14-9-5-6-10-15(14)23(20)12-7-3-2-4-8-12/h2-11,24-25H,1H3. The van der Waals surface area contributed by atoms with E-state index in [1.54, 1.807) is 4.57 Å². The third-order valence-electron chi connectivity index (χ3n) is 4.21. The van der Waals surface area contributed by atoms with Gasteiger partial charge in [0.1, 0.15) is 5.82 Å². The van der Waals surface area contributed by atoms with Gasteiger partial charge in [-0.25, -0.2) is 9.37 Å². The number of para-hydroxylation sites is 3. The highest BCUT2D eigenvalue weighted by molar-refractivity contribution is 5.84. The van der Waals surface area contributed by atoms with Crippen molar-refractivity contribution in [3.63, 3.8) is 0 Å². The summed E-state index contributed by atoms with van der Waals surface area (Å²) in [5, 5.41) is 19.8. The fourth-order valence-electron chi connectivity index (χ4n) is 2.97. The van der Waals surface area contributed by atoms with Crippen molar-refractivity contribution in [2.45, 2.75) is 0 Å². The van der Waals surface area contributed by atoms with Gasteiger partial charge in [0.05, 0.1) is 23.7 Å². The average molecular weight is 350 g/mol. The second-order valence-corrected chi connectivity index (χ2v) is 5.73. The summed E-state index contributed by atoms with van der Waals surface area (Å²) in [5.41, 5.74) is 2.29. The number of hydrogen-bond acceptors (Lipinski definition) is 4. The van der Waals surface area contributed by atoms with Gasteiger partial charge in [-0.2, -0.15) is 0 Å². The second kappa shape index (κ2) is 6.07. The molecular formula is C20H15FN2O3. The lowest BCUT2D eigenvalue weighted by atomic mass is 10.1. The maximum atomic E-state index is 14.8. The molecule has 3 aromatic carbocycles. The number of phenolic OH excluding ortho intramolecular Hbond substituents is 2. The first-order chi connectivity index (χ1) is 12.6. The Bertz CT molecular complexity index is 1110. The van der Waals surface area contributed by atoms with Crippen molar-refractivity contribution in [3.8, 4) is 34.3 Å². The smallest absolute Gasteiger partial charge is 0.203 e. The molecule has 0 fully saturated rings. The van der Waals surface area contributed by atoms with E-state index in [9.17, 15) is 14.6 Å². The molecule has 0 amide bonds. The monoisotopic (exact) mass is 350 g/mol. The molecule has 6 heteroatoms. The molecule has 0 bridgehead atoms. The summed E-state index contributed by atoms with van der Waals surface area (Å²) in [7, 11) is 1.33. The molecule has 130 valence electrons. The number of aromatic hydroxyl groups is 2. The van der Waals surface area contributed by atoms with Crippen LogP contribution in [0.2, 0.25) is 0 Å². The molecule has 0 unspecified atom stereocenters. The Kier molecular flexibility index (Phi) is 3.73. The number of phenols is 2. The molecular weight excluding hydrogens is 335 g/mol. The molecule has 0 saturated heterocycles. The van der Waals surface area contributed by atoms with Crippen molar-refractivity contribution in [1.29, 1.82) is 0 Å². The molecule has 4 aromatic rings. The number of rotatable bonds is 3. The summed E-state index contributed by atoms with van der Waals surface area (Å²) in [6.45, 7) is 0. The molecule has 0 spiro atoms. The van der Waals surface area contributed by atoms with Crippen molar-refractivity contribution in [3.05, 3.63) is 66.5 Å². The normalized spacial score (nSPS) is 11.0. The van der Waals surface area contributed by atoms with Gasteiger partial charge < -0.3 is 14.9 Å². The van der Waals surface area contributed by atoms with Crippen molar-refractivity contribution in [2.75, 3.05) is 7.11 Å². The van der Waals surface area contributed by atoms with E-state index in [1.807, 2.05) is 54.6 Å². The number of ether oxygens (including phenoxy) is 1. The maximum Gasteiger partial charge on any atom is 0.203 e. The summed E-state index contributed by atoms with van der Waals surface area (Å²) in [6, 6.07) is 18.2. The number of imidazole rings is 1. The van der Waals surface area contributed by atoms with E-state index < -0.39 is 17.3 Å². The fourth-order valence-corrected chi connectivity index (χ4v) is 2.97. The third-order valence-corrected chi connectivity index (χ3v) is 4.21. The molecule has 26 heavy (non-hydrogen) atoms. The van der Waals surface area contributed by atoms with Gasteiger partial charge in [0.15, 0.2) is 17.3 Å². The summed E-state index contributed by atoms with van der Waals surface area (Å²) in [4.78, 5) is 4.54. The van der Waals surface area contributed by atoms with Crippen molar-refractivity contribution < 1.29 is 19.3 Å². The van der Waals surface area contributed by atoms with Crippen molar-refractivity contribution in [2.24, 2.45) is 0 Å². The van der Waals surface area contributed by atoms with E-state index >= 15 is 0 Å². The highest BCUT2D eigenvalue weighted by Crippen LogP contribution is 2.43. The highest BCUT2D eigenvalue weighted by Gasteiger charge is 2.23. The topological polar surface area (TPSA) is 67.5 Å². The van der Waals surface area contributed by atoms with Gasteiger partial charge in [-0.3, -0.25) is 4.57 Å². The van der Waals surface area contributed by atoms with E-state index in [0.717, 1.165) is 11.2 Å². The molecule has 1 aromatic heterocycles. The average Bonchev–Trinajstić information content (AvgIpc) is 3.06. The Morgan fingerprint density at radius 1 is 0.962 bits per heavy atom. The van der Waals surface area contributed by atoms with E-state index in [1.165, 1.54) is 13.2 Å². The largest absolute Gasteiger partial charge is 0.502 e. The van der Waals surface area contributed by atoms with Crippen LogP contribution >= 0.6 is 0 Å². The number of fused-ring (bicyclic) bond motifs is 1. The van der Waals surface area contributed by atoms with Gasteiger partial charge >= 0.3 is 0 Å². The first-order valence-corrected chi connectivity index (χ1v) is 7.93. The third kappa shape index (κ3) is 2.35. The van der Waals surface area contributed by atoms with Gasteiger partial charge in [0.25, 0.3) is 0 Å². The minimum Gasteiger partial charge on any atom is -0.502 e. The highest BCUT2D eigenvalue weighted by atomic mass is 19.1. The Labute approximate surface area is 148 Å². The lowest BCUT2D eigenvalue weighted by molar-refractivity contribution is 0.340. The first-order valence-electron chi connectivity index (χ1n) is 7.93. The number of nitrogens with zero attached hydrogens (tertiary/aromatic N) is 2. The van der Waals surface area contributed by atoms with Crippen LogP contribution in [-0.4, -0.2) is 26.9 Å². The first kappa shape index (κ1) is 16.0. The van der Waals surface area contributed by atoms with Gasteiger partial charge in [-0.15, -0.1) is 0 Å². The molecule has 4 rings (SSSR count). The Morgan fingerprint density at radius 3 is 2.38 bits per heavy atom. The molecule has 0 atom stereocenters. The molecule has 0 radical (unpaired) electrons. The van der Waals surface area contributed by atoms with E-state index in [4.69, 9.17) is 4.74 Å². The van der Waals surface area contributed by atoms with Crippen LogP contribution in [-0.2, 0) is 0 Å². The molecule has 0 aliphatic heterocycles. The number of methoxy groups -OCH3 is 1. The van der Waals surface area contributed by atoms with Crippen LogP contribution in [0.5, 0.6) is 17.2 Å². The van der Waals surface area contributed by atoms with Crippen LogP contribution in [0.1, 0.15) is 0 Å². The Balaban J connectivity index is 2.09. The number of halogens is 1. The minimum absolute atomic E-state index is 0.0252. The molecule has 0 aliphatic rings. The van der Waals surface area contributed by atoms with Gasteiger partial charge in [0, 0.05) is 5.69 Å². The summed E-state index contributed by atoms with van der Waals surface area (Å²) in [6.07, 6.45) is 0. The summed E-state index contributed by atoms with van der Waals surface area (Å²) >= 11 is 0. The van der Waals surface area contributed by atoms with Gasteiger partial charge in [-0.1, -0.05) is 30.3 Å². The van der Waals surface area contributed by atoms with Crippen molar-refractivity contribution >= 4 is 11.0 Å². The molecule has 0 saturated carbocycles. The van der Waals surface area contributed by atoms with Crippen LogP contribution in [0.3, 0.4) is 0 Å². The van der Waals surface area contributed by atoms with Crippen LogP contribution in [0.25, 0.3) is 28.1 Å². The Morgan fingerprint density at radius 2 is 1.65 bits per heavy atom. The zero-order chi connectivity index (χ0) is 18.3. The second-order valence-electron chi connectivity index (χ2n) is 5.73. The maximum absolute atomic E-state index is 14.8. The summed E-state index contributed by atoms with van der Waals surface area (Å²) < 4.78 is 21.6. The molecule has 0 aliphatic carbocycles. The van der Waals surface area contributed by atoms with E-state index in [-0.39, 0.29) is 11.3 Å². The van der Waals surface area contributed by atoms with Crippen molar-refractivity contribution in [1.82, 2.24) is 9.55 Å². The predicted octanol–water partition coefficient (Wildman–Crippen LogP) is 4.25. The molecule has 2 N–H and O–H groups in total. The zero-order valence-corrected chi connectivity index (χ0v) is 13.8. The van der Waals surface area contributed by atoms with Crippen LogP contribution in [0.15, 0.2) is 60.7 Å². The fraction of sp³-hybridized carbons (Fsp3) is 0.0500. The van der Waals surface area contributed by atoms with E-state index in [2.05, 4.69) is 4.98 Å². The predicted molar refractivity (Wildman–Crippen MR) is 96.3 cm³/mol. The van der Waals surface area contributed by atoms with Crippen LogP contribution < -0.4 is 4.74 Å². The Hall–Kier alpha value is -3.54. The minimum atomic E-state index is -0.962. The van der Waals surface area contributed by atoms with Crippen LogP contribution in [0, 0.1) is 5.82 Å². The van der Waals surface area contributed by atoms with E-state index in [0.29, 0.717) is 11.3 Å². The molecule has 1 heterocycles. The lowest BCUT2D eigenvalue weighted by Crippen LogP contribution is -2.00. The van der Waals surface area contributed by atoms with Gasteiger partial charge in [0.2, 0.25) is 5.75 Å². The summed E-state index contributed by atoms with van der Waals surface area (Å²) in [5.74, 6) is -2.22. The zero-order valence-electron chi connectivity index (χ0n) is 13.8. The molecule has 5 nitrogen and oxygen atoms in total. The van der Waals surface area contributed by atoms with Crippen LogP contribution in [0.4, 0.5) is 4.39 Å². The number of aromatic nitrogens is 2. The number of hydrogen-bond donors (Lipinski definition) is 2. The number of benzene rings is 3. The lowest BCUT2D eigenvalue weighted by Gasteiger charge is -2.13. The van der Waals surface area contributed by atoms with Gasteiger partial charge in [-0.05, 0) is 30.3 Å².